The molecule has 2 aromatic carbocycles. The van der Waals surface area contributed by atoms with Crippen LogP contribution < -0.4 is 4.74 Å². The van der Waals surface area contributed by atoms with Crippen molar-refractivity contribution in [3.05, 3.63) is 61.1 Å². The van der Waals surface area contributed by atoms with Crippen molar-refractivity contribution in [2.75, 3.05) is 0 Å². The minimum Gasteiger partial charge on any atom is -0.456 e. The lowest BCUT2D eigenvalue weighted by molar-refractivity contribution is -0.384. The van der Waals surface area contributed by atoms with E-state index in [2.05, 4.69) is 0 Å². The average Bonchev–Trinajstić information content (AvgIpc) is 2.44. The van der Waals surface area contributed by atoms with Gasteiger partial charge in [0.25, 0.3) is 5.69 Å². The number of hydrogen-bond acceptors (Lipinski definition) is 4. The summed E-state index contributed by atoms with van der Waals surface area (Å²) in [6.07, 6.45) is 0. The third-order valence-electron chi connectivity index (χ3n) is 2.48. The summed E-state index contributed by atoms with van der Waals surface area (Å²) in [7, 11) is 0. The van der Waals surface area contributed by atoms with E-state index in [0.717, 1.165) is 6.07 Å². The minimum atomic E-state index is -0.597. The number of benzene rings is 2. The molecule has 0 fully saturated rings. The van der Waals surface area contributed by atoms with Crippen LogP contribution in [0.5, 0.6) is 11.5 Å². The second-order valence-electron chi connectivity index (χ2n) is 3.85. The summed E-state index contributed by atoms with van der Waals surface area (Å²) >= 11 is 17.6. The number of rotatable bonds is 3. The van der Waals surface area contributed by atoms with Crippen LogP contribution in [-0.2, 0) is 0 Å². The molecule has 0 N–H and O–H groups in total. The normalized spacial score (nSPS) is 10.0. The van der Waals surface area contributed by atoms with Crippen molar-refractivity contribution in [3.8, 4) is 17.6 Å². The lowest BCUT2D eigenvalue weighted by Gasteiger charge is -2.09. The molecule has 2 rings (SSSR count). The second-order valence-corrected chi connectivity index (χ2v) is 5.04. The Morgan fingerprint density at radius 1 is 1.14 bits per heavy atom. The van der Waals surface area contributed by atoms with Gasteiger partial charge in [-0.15, -0.1) is 0 Å². The van der Waals surface area contributed by atoms with Crippen LogP contribution in [-0.4, -0.2) is 4.92 Å². The zero-order valence-electron chi connectivity index (χ0n) is 10.1. The molecule has 0 aliphatic rings. The van der Waals surface area contributed by atoms with Crippen molar-refractivity contribution in [2.24, 2.45) is 0 Å². The molecular formula is C13H5Cl3N2O3. The van der Waals surface area contributed by atoms with Gasteiger partial charge >= 0.3 is 0 Å². The predicted molar refractivity (Wildman–Crippen MR) is 79.4 cm³/mol. The fourth-order valence-corrected chi connectivity index (χ4v) is 2.10. The van der Waals surface area contributed by atoms with Crippen molar-refractivity contribution in [2.45, 2.75) is 0 Å². The Balaban J connectivity index is 2.40. The first-order chi connectivity index (χ1) is 9.92. The first-order valence-electron chi connectivity index (χ1n) is 5.43. The third-order valence-corrected chi connectivity index (χ3v) is 3.68. The standard InChI is InChI=1S/C13H5Cl3N2O3/c14-10-4-9(5-11(15)13(10)16)21-12-2-1-8(18(19)20)3-7(12)6-17/h1-5H. The molecule has 2 aromatic rings. The van der Waals surface area contributed by atoms with Crippen molar-refractivity contribution >= 4 is 40.5 Å². The lowest BCUT2D eigenvalue weighted by atomic mass is 10.2. The van der Waals surface area contributed by atoms with E-state index in [1.54, 1.807) is 0 Å². The van der Waals surface area contributed by atoms with Gasteiger partial charge in [-0.2, -0.15) is 5.26 Å². The van der Waals surface area contributed by atoms with Gasteiger partial charge in [0, 0.05) is 24.3 Å². The smallest absolute Gasteiger partial charge is 0.271 e. The van der Waals surface area contributed by atoms with Crippen LogP contribution in [0.15, 0.2) is 30.3 Å². The van der Waals surface area contributed by atoms with Gasteiger partial charge in [0.2, 0.25) is 0 Å². The zero-order valence-corrected chi connectivity index (χ0v) is 12.4. The summed E-state index contributed by atoms with van der Waals surface area (Å²) in [6, 6.07) is 8.37. The monoisotopic (exact) mass is 342 g/mol. The largest absolute Gasteiger partial charge is 0.456 e. The molecule has 0 saturated heterocycles. The van der Waals surface area contributed by atoms with Crippen LogP contribution in [0.3, 0.4) is 0 Å². The maximum atomic E-state index is 10.7. The van der Waals surface area contributed by atoms with Gasteiger partial charge in [0.1, 0.15) is 23.1 Å². The van der Waals surface area contributed by atoms with Crippen molar-refractivity contribution in [1.82, 2.24) is 0 Å². The molecule has 0 saturated carbocycles. The Morgan fingerprint density at radius 2 is 1.76 bits per heavy atom. The molecule has 0 amide bonds. The van der Waals surface area contributed by atoms with Crippen molar-refractivity contribution in [1.29, 1.82) is 5.26 Å². The molecule has 0 aliphatic carbocycles. The lowest BCUT2D eigenvalue weighted by Crippen LogP contribution is -1.92. The van der Waals surface area contributed by atoms with E-state index in [0.29, 0.717) is 0 Å². The number of halogens is 3. The van der Waals surface area contributed by atoms with E-state index in [1.807, 2.05) is 6.07 Å². The summed E-state index contributed by atoms with van der Waals surface area (Å²) in [6.45, 7) is 0. The molecular weight excluding hydrogens is 339 g/mol. The quantitative estimate of drug-likeness (QED) is 0.435. The van der Waals surface area contributed by atoms with Gasteiger partial charge in [0.05, 0.1) is 20.0 Å². The molecule has 21 heavy (non-hydrogen) atoms. The number of hydrogen-bond donors (Lipinski definition) is 0. The number of ether oxygens (including phenoxy) is 1. The van der Waals surface area contributed by atoms with Gasteiger partial charge in [-0.25, -0.2) is 0 Å². The van der Waals surface area contributed by atoms with Crippen LogP contribution >= 0.6 is 34.8 Å². The number of non-ortho nitro benzene ring substituents is 1. The molecule has 0 aliphatic heterocycles. The van der Waals surface area contributed by atoms with E-state index in [1.165, 1.54) is 24.3 Å². The third kappa shape index (κ3) is 3.37. The number of nitro benzene ring substituents is 1. The van der Waals surface area contributed by atoms with E-state index in [-0.39, 0.29) is 37.8 Å². The molecule has 106 valence electrons. The fourth-order valence-electron chi connectivity index (χ4n) is 1.53. The topological polar surface area (TPSA) is 76.2 Å². The molecule has 0 radical (unpaired) electrons. The van der Waals surface area contributed by atoms with Crippen LogP contribution in [0.4, 0.5) is 5.69 Å². The van der Waals surface area contributed by atoms with Crippen LogP contribution in [0, 0.1) is 21.4 Å². The maximum absolute atomic E-state index is 10.7. The first kappa shape index (κ1) is 15.4. The Kier molecular flexibility index (Phi) is 4.53. The molecule has 0 aromatic heterocycles. The summed E-state index contributed by atoms with van der Waals surface area (Å²) < 4.78 is 5.48. The molecule has 0 atom stereocenters. The summed E-state index contributed by atoms with van der Waals surface area (Å²) in [5.74, 6) is 0.414. The van der Waals surface area contributed by atoms with Gasteiger partial charge < -0.3 is 4.74 Å². The summed E-state index contributed by atoms with van der Waals surface area (Å²) in [4.78, 5) is 10.1. The Morgan fingerprint density at radius 3 is 2.29 bits per heavy atom. The van der Waals surface area contributed by atoms with Crippen LogP contribution in [0.1, 0.15) is 5.56 Å². The fraction of sp³-hybridized carbons (Fsp3) is 0. The van der Waals surface area contributed by atoms with Crippen molar-refractivity contribution in [3.63, 3.8) is 0 Å². The maximum Gasteiger partial charge on any atom is 0.271 e. The predicted octanol–water partition coefficient (Wildman–Crippen LogP) is 5.22. The van der Waals surface area contributed by atoms with E-state index in [4.69, 9.17) is 44.8 Å². The molecule has 0 spiro atoms. The number of nitrogens with zero attached hydrogens (tertiary/aromatic N) is 2. The average molecular weight is 344 g/mol. The Hall–Kier alpha value is -2.00. The highest BCUT2D eigenvalue weighted by Crippen LogP contribution is 2.36. The van der Waals surface area contributed by atoms with Gasteiger partial charge in [-0.1, -0.05) is 34.8 Å². The highest BCUT2D eigenvalue weighted by molar-refractivity contribution is 6.48. The number of nitriles is 1. The first-order valence-corrected chi connectivity index (χ1v) is 6.56. The molecule has 0 unspecified atom stereocenters. The Bertz CT molecular complexity index is 749. The van der Waals surface area contributed by atoms with Gasteiger partial charge in [-0.05, 0) is 6.07 Å². The van der Waals surface area contributed by atoms with Gasteiger partial charge in [0.15, 0.2) is 0 Å². The zero-order chi connectivity index (χ0) is 15.6. The van der Waals surface area contributed by atoms with Gasteiger partial charge in [-0.3, -0.25) is 10.1 Å². The molecule has 0 heterocycles. The molecule has 8 heteroatoms. The van der Waals surface area contributed by atoms with E-state index >= 15 is 0 Å². The second kappa shape index (κ2) is 6.19. The van der Waals surface area contributed by atoms with Crippen LogP contribution in [0.25, 0.3) is 0 Å². The molecule has 5 nitrogen and oxygen atoms in total. The highest BCUT2D eigenvalue weighted by atomic mass is 35.5. The summed E-state index contributed by atoms with van der Waals surface area (Å²) in [5, 5.41) is 20.3. The van der Waals surface area contributed by atoms with E-state index < -0.39 is 4.92 Å². The number of nitro groups is 1. The minimum absolute atomic E-state index is 0.0198. The van der Waals surface area contributed by atoms with Crippen molar-refractivity contribution < 1.29 is 9.66 Å². The summed E-state index contributed by atoms with van der Waals surface area (Å²) in [5.41, 5.74) is -0.183. The van der Waals surface area contributed by atoms with E-state index in [9.17, 15) is 10.1 Å². The Labute approximate surface area is 134 Å². The SMILES string of the molecule is N#Cc1cc([N+](=O)[O-])ccc1Oc1cc(Cl)c(Cl)c(Cl)c1. The highest BCUT2D eigenvalue weighted by Gasteiger charge is 2.13. The molecule has 0 bridgehead atoms. The van der Waals surface area contributed by atoms with Crippen LogP contribution in [0.2, 0.25) is 15.1 Å².